The Labute approximate surface area is 76.6 Å². The van der Waals surface area contributed by atoms with Gasteiger partial charge in [-0.2, -0.15) is 0 Å². The van der Waals surface area contributed by atoms with Crippen molar-refractivity contribution in [1.82, 2.24) is 5.32 Å². The molecule has 0 saturated heterocycles. The molecule has 3 N–H and O–H groups in total. The van der Waals surface area contributed by atoms with E-state index in [2.05, 4.69) is 5.92 Å². The molecule has 0 aromatic rings. The van der Waals surface area contributed by atoms with Gasteiger partial charge < -0.3 is 10.5 Å². The third-order valence-electron chi connectivity index (χ3n) is 1.52. The third kappa shape index (κ3) is 4.01. The van der Waals surface area contributed by atoms with Gasteiger partial charge in [0, 0.05) is 0 Å². The van der Waals surface area contributed by atoms with Crippen LogP contribution < -0.4 is 11.1 Å². The Bertz CT molecular complexity index is 257. The van der Waals surface area contributed by atoms with Crippen molar-refractivity contribution in [2.45, 2.75) is 25.9 Å². The lowest BCUT2D eigenvalue weighted by Gasteiger charge is -2.21. The second kappa shape index (κ2) is 4.36. The summed E-state index contributed by atoms with van der Waals surface area (Å²) < 4.78 is 4.76. The van der Waals surface area contributed by atoms with E-state index in [9.17, 15) is 9.59 Å². The average Bonchev–Trinajstić information content (AvgIpc) is 2.02. The van der Waals surface area contributed by atoms with Crippen LogP contribution in [0.5, 0.6) is 0 Å². The molecule has 0 bridgehead atoms. The molecule has 72 valence electrons. The largest absolute Gasteiger partial charge is 0.430 e. The van der Waals surface area contributed by atoms with Gasteiger partial charge in [-0.1, -0.05) is 12.8 Å². The van der Waals surface area contributed by atoms with Crippen molar-refractivity contribution in [3.63, 3.8) is 0 Å². The molecule has 0 fully saturated rings. The molecule has 0 aliphatic rings. The fourth-order valence-electron chi connectivity index (χ4n) is 0.534. The number of urea groups is 1. The van der Waals surface area contributed by atoms with E-state index in [0.717, 1.165) is 0 Å². The molecule has 0 radical (unpaired) electrons. The summed E-state index contributed by atoms with van der Waals surface area (Å²) in [4.78, 5) is 21.1. The van der Waals surface area contributed by atoms with Gasteiger partial charge in [0.1, 0.15) is 0 Å². The number of nitrogens with one attached hydrogen (secondary N) is 1. The quantitative estimate of drug-likeness (QED) is 0.616. The van der Waals surface area contributed by atoms with Crippen LogP contribution in [0, 0.1) is 12.3 Å². The lowest BCUT2D eigenvalue weighted by molar-refractivity contribution is 0.0660. The van der Waals surface area contributed by atoms with Gasteiger partial charge in [0.15, 0.2) is 5.60 Å². The fourth-order valence-corrected chi connectivity index (χ4v) is 0.534. The van der Waals surface area contributed by atoms with E-state index in [0.29, 0.717) is 6.42 Å². The summed E-state index contributed by atoms with van der Waals surface area (Å²) >= 11 is 0. The molecule has 3 amide bonds. The van der Waals surface area contributed by atoms with Gasteiger partial charge in [0.2, 0.25) is 0 Å². The summed E-state index contributed by atoms with van der Waals surface area (Å²) in [5.74, 6) is 2.30. The Hall–Kier alpha value is -1.70. The summed E-state index contributed by atoms with van der Waals surface area (Å²) in [6.45, 7) is 3.32. The first-order chi connectivity index (χ1) is 5.93. The van der Waals surface area contributed by atoms with Crippen LogP contribution in [0.15, 0.2) is 0 Å². The van der Waals surface area contributed by atoms with Crippen LogP contribution in [0.2, 0.25) is 0 Å². The van der Waals surface area contributed by atoms with E-state index < -0.39 is 17.7 Å². The van der Waals surface area contributed by atoms with Gasteiger partial charge in [0.05, 0.1) is 0 Å². The van der Waals surface area contributed by atoms with E-state index in [-0.39, 0.29) is 0 Å². The van der Waals surface area contributed by atoms with Crippen LogP contribution in [0.3, 0.4) is 0 Å². The number of rotatable bonds is 2. The highest BCUT2D eigenvalue weighted by Crippen LogP contribution is 2.13. The van der Waals surface area contributed by atoms with Gasteiger partial charge in [-0.3, -0.25) is 0 Å². The van der Waals surface area contributed by atoms with Crippen molar-refractivity contribution >= 4 is 12.1 Å². The molecule has 5 heteroatoms. The maximum atomic E-state index is 10.9. The number of hydrogen-bond acceptors (Lipinski definition) is 3. The topological polar surface area (TPSA) is 81.4 Å². The smallest absolute Gasteiger partial charge is 0.416 e. The minimum Gasteiger partial charge on any atom is -0.430 e. The highest BCUT2D eigenvalue weighted by atomic mass is 16.6. The molecule has 0 aromatic carbocycles. The number of carbonyl (C=O) groups is 2. The Kier molecular flexibility index (Phi) is 3.79. The summed E-state index contributed by atoms with van der Waals surface area (Å²) in [5, 5.41) is 1.75. The fraction of sp³-hybridized carbons (Fsp3) is 0.500. The van der Waals surface area contributed by atoms with Crippen molar-refractivity contribution < 1.29 is 14.3 Å². The highest BCUT2D eigenvalue weighted by Gasteiger charge is 2.24. The predicted molar refractivity (Wildman–Crippen MR) is 46.7 cm³/mol. The number of imide groups is 1. The van der Waals surface area contributed by atoms with E-state index in [1.54, 1.807) is 19.2 Å². The van der Waals surface area contributed by atoms with Crippen LogP contribution >= 0.6 is 0 Å². The molecule has 1 unspecified atom stereocenters. The molecule has 13 heavy (non-hydrogen) atoms. The second-order valence-corrected chi connectivity index (χ2v) is 2.61. The van der Waals surface area contributed by atoms with Gasteiger partial charge in [-0.25, -0.2) is 14.9 Å². The maximum absolute atomic E-state index is 10.9. The number of carbonyl (C=O) groups excluding carboxylic acids is 2. The SMILES string of the molecule is C#CC(C)(CC)OC(=O)NC(N)=O. The molecule has 0 heterocycles. The normalized spacial score (nSPS) is 13.6. The molecule has 0 saturated carbocycles. The minimum absolute atomic E-state index is 0.454. The van der Waals surface area contributed by atoms with Gasteiger partial charge in [-0.05, 0) is 13.3 Å². The molecular formula is C8H12N2O3. The lowest BCUT2D eigenvalue weighted by Crippen LogP contribution is -2.40. The molecule has 5 nitrogen and oxygen atoms in total. The Morgan fingerprint density at radius 3 is 2.54 bits per heavy atom. The van der Waals surface area contributed by atoms with E-state index in [1.807, 2.05) is 0 Å². The predicted octanol–water partition coefficient (Wildman–Crippen LogP) is 0.593. The third-order valence-corrected chi connectivity index (χ3v) is 1.52. The molecular weight excluding hydrogens is 172 g/mol. The Morgan fingerprint density at radius 2 is 2.23 bits per heavy atom. The van der Waals surface area contributed by atoms with Crippen molar-refractivity contribution in [2.75, 3.05) is 0 Å². The first kappa shape index (κ1) is 11.3. The van der Waals surface area contributed by atoms with Crippen LogP contribution in [-0.2, 0) is 4.74 Å². The van der Waals surface area contributed by atoms with Crippen molar-refractivity contribution in [3.05, 3.63) is 0 Å². The monoisotopic (exact) mass is 184 g/mol. The van der Waals surface area contributed by atoms with Crippen LogP contribution in [0.4, 0.5) is 9.59 Å². The molecule has 0 rings (SSSR count). The Balaban J connectivity index is 4.20. The Morgan fingerprint density at radius 1 is 1.69 bits per heavy atom. The molecule has 0 aromatic heterocycles. The molecule has 1 atom stereocenters. The van der Waals surface area contributed by atoms with Gasteiger partial charge >= 0.3 is 12.1 Å². The van der Waals surface area contributed by atoms with Gasteiger partial charge in [-0.15, -0.1) is 6.42 Å². The first-order valence-electron chi connectivity index (χ1n) is 3.70. The minimum atomic E-state index is -1.00. The number of alkyl carbamates (subject to hydrolysis) is 1. The number of amides is 3. The zero-order chi connectivity index (χ0) is 10.5. The summed E-state index contributed by atoms with van der Waals surface area (Å²) in [6.07, 6.45) is 4.64. The van der Waals surface area contributed by atoms with Gasteiger partial charge in [0.25, 0.3) is 0 Å². The summed E-state index contributed by atoms with van der Waals surface area (Å²) in [6, 6.07) is -0.972. The zero-order valence-electron chi connectivity index (χ0n) is 7.59. The van der Waals surface area contributed by atoms with E-state index in [1.165, 1.54) is 0 Å². The van der Waals surface area contributed by atoms with Crippen molar-refractivity contribution in [2.24, 2.45) is 5.73 Å². The molecule has 0 aliphatic carbocycles. The number of primary amides is 1. The van der Waals surface area contributed by atoms with Crippen LogP contribution in [0.25, 0.3) is 0 Å². The van der Waals surface area contributed by atoms with Crippen molar-refractivity contribution in [3.8, 4) is 12.3 Å². The second-order valence-electron chi connectivity index (χ2n) is 2.61. The average molecular weight is 184 g/mol. The molecule has 0 spiro atoms. The number of hydrogen-bond donors (Lipinski definition) is 2. The molecule has 0 aliphatic heterocycles. The van der Waals surface area contributed by atoms with E-state index >= 15 is 0 Å². The maximum Gasteiger partial charge on any atom is 0.416 e. The summed E-state index contributed by atoms with van der Waals surface area (Å²) in [5.41, 5.74) is 3.69. The number of terminal acetylenes is 1. The lowest BCUT2D eigenvalue weighted by atomic mass is 10.1. The van der Waals surface area contributed by atoms with Crippen molar-refractivity contribution in [1.29, 1.82) is 0 Å². The van der Waals surface area contributed by atoms with Crippen LogP contribution in [0.1, 0.15) is 20.3 Å². The van der Waals surface area contributed by atoms with Crippen LogP contribution in [-0.4, -0.2) is 17.7 Å². The number of nitrogens with two attached hydrogens (primary N) is 1. The summed E-state index contributed by atoms with van der Waals surface area (Å²) in [7, 11) is 0. The van der Waals surface area contributed by atoms with E-state index in [4.69, 9.17) is 16.9 Å². The number of ether oxygens (including phenoxy) is 1. The zero-order valence-corrected chi connectivity index (χ0v) is 7.59. The highest BCUT2D eigenvalue weighted by molar-refractivity contribution is 5.89. The standard InChI is InChI=1S/C8H12N2O3/c1-4-8(3,5-2)13-7(12)10-6(9)11/h1H,5H2,2-3H3,(H3,9,10,11,12). The first-order valence-corrected chi connectivity index (χ1v) is 3.70.